The van der Waals surface area contributed by atoms with Crippen molar-refractivity contribution in [1.82, 2.24) is 5.09 Å². The van der Waals surface area contributed by atoms with Gasteiger partial charge in [-0.15, -0.1) is 0 Å². The Morgan fingerprint density at radius 1 is 0.837 bits per heavy atom. The van der Waals surface area contributed by atoms with Crippen molar-refractivity contribution in [3.05, 3.63) is 102 Å². The molecule has 49 heavy (non-hydrogen) atoms. The first-order valence-electron chi connectivity index (χ1n) is 15.0. The van der Waals surface area contributed by atoms with Crippen LogP contribution in [0, 0.1) is 5.92 Å². The van der Waals surface area contributed by atoms with Crippen molar-refractivity contribution in [2.45, 2.75) is 57.5 Å². The van der Waals surface area contributed by atoms with Gasteiger partial charge in [0.15, 0.2) is 0 Å². The van der Waals surface area contributed by atoms with E-state index in [2.05, 4.69) is 5.09 Å². The fourth-order valence-electron chi connectivity index (χ4n) is 4.44. The number of halogens is 2. The second-order valence-electron chi connectivity index (χ2n) is 11.0. The van der Waals surface area contributed by atoms with E-state index in [0.29, 0.717) is 11.1 Å². The van der Waals surface area contributed by atoms with Gasteiger partial charge in [-0.2, -0.15) is 13.9 Å². The molecular formula is C33H36F2NO12P. The van der Waals surface area contributed by atoms with Crippen molar-refractivity contribution in [2.24, 2.45) is 5.92 Å². The van der Waals surface area contributed by atoms with Gasteiger partial charge in [-0.1, -0.05) is 92.7 Å². The summed E-state index contributed by atoms with van der Waals surface area (Å²) in [5, 5.41) is 2.37. The van der Waals surface area contributed by atoms with E-state index in [9.17, 15) is 18.9 Å². The maximum Gasteiger partial charge on any atom is 0.509 e. The number of ether oxygens (including phenoxy) is 6. The Morgan fingerprint density at radius 3 is 1.90 bits per heavy atom. The summed E-state index contributed by atoms with van der Waals surface area (Å²) in [6.07, 6.45) is -9.81. The molecule has 5 atom stereocenters. The van der Waals surface area contributed by atoms with E-state index in [0.717, 1.165) is 7.11 Å². The summed E-state index contributed by atoms with van der Waals surface area (Å²) in [6.45, 7) is 1.77. The number of hydrogen-bond donors (Lipinski definition) is 1. The van der Waals surface area contributed by atoms with Gasteiger partial charge in [0, 0.05) is 0 Å². The number of methoxy groups -OCH3 is 1. The molecule has 0 bridgehead atoms. The van der Waals surface area contributed by atoms with Gasteiger partial charge in [0.1, 0.15) is 37.7 Å². The molecule has 0 amide bonds. The molecule has 0 aliphatic carbocycles. The van der Waals surface area contributed by atoms with Crippen LogP contribution in [0.4, 0.5) is 18.4 Å². The lowest BCUT2D eigenvalue weighted by atomic mass is 10.1. The number of hydrogen-bond acceptors (Lipinski definition) is 12. The van der Waals surface area contributed by atoms with E-state index < -0.39 is 69.0 Å². The third-order valence-corrected chi connectivity index (χ3v) is 8.45. The summed E-state index contributed by atoms with van der Waals surface area (Å²) in [5.41, 5.74) is 1.18. The normalized spacial score (nSPS) is 20.0. The minimum absolute atomic E-state index is 0.0645. The molecule has 0 radical (unpaired) electrons. The van der Waals surface area contributed by atoms with Gasteiger partial charge in [-0.25, -0.2) is 14.2 Å². The molecule has 3 aromatic rings. The monoisotopic (exact) mass is 707 g/mol. The molecule has 1 saturated heterocycles. The summed E-state index contributed by atoms with van der Waals surface area (Å²) in [4.78, 5) is 37.5. The van der Waals surface area contributed by atoms with Crippen molar-refractivity contribution in [3.8, 4) is 5.75 Å². The summed E-state index contributed by atoms with van der Waals surface area (Å²) in [6, 6.07) is 23.0. The van der Waals surface area contributed by atoms with E-state index in [1.165, 1.54) is 24.3 Å². The highest BCUT2D eigenvalue weighted by Gasteiger charge is 2.65. The summed E-state index contributed by atoms with van der Waals surface area (Å²) < 4.78 is 87.3. The second kappa shape index (κ2) is 17.2. The topological polar surface area (TPSA) is 154 Å². The third-order valence-electron chi connectivity index (χ3n) is 6.94. The average Bonchev–Trinajstić information content (AvgIpc) is 3.32. The molecule has 3 aromatic carbocycles. The number of rotatable bonds is 15. The van der Waals surface area contributed by atoms with Crippen LogP contribution in [0.5, 0.6) is 5.75 Å². The molecule has 1 aliphatic rings. The smallest absolute Gasteiger partial charge is 0.468 e. The zero-order valence-electron chi connectivity index (χ0n) is 26.8. The SMILES string of the molecule is COC(=O)[C@@H](NP(=O)(Oc1ccccc1)OC1O[C@H](COC(=O)OCc2ccccc2)[C@@H](OC(=O)OCc2ccccc2)C1(F)F)C(C)C. The third kappa shape index (κ3) is 10.7. The maximum absolute atomic E-state index is 16.1. The van der Waals surface area contributed by atoms with Crippen LogP contribution in [0.2, 0.25) is 0 Å². The largest absolute Gasteiger partial charge is 0.509 e. The highest BCUT2D eigenvalue weighted by molar-refractivity contribution is 7.52. The number of alkyl halides is 2. The molecular weight excluding hydrogens is 671 g/mol. The van der Waals surface area contributed by atoms with Crippen molar-refractivity contribution in [3.63, 3.8) is 0 Å². The van der Waals surface area contributed by atoms with Crippen molar-refractivity contribution in [1.29, 1.82) is 0 Å². The Labute approximate surface area is 281 Å². The number of carbonyl (C=O) groups is 3. The molecule has 2 unspecified atom stereocenters. The Bertz CT molecular complexity index is 1570. The molecule has 4 rings (SSSR count). The van der Waals surface area contributed by atoms with Crippen LogP contribution in [-0.2, 0) is 55.5 Å². The molecule has 1 N–H and O–H groups in total. The minimum atomic E-state index is -4.93. The fraction of sp³-hybridized carbons (Fsp3) is 0.364. The van der Waals surface area contributed by atoms with Crippen LogP contribution in [0.15, 0.2) is 91.0 Å². The van der Waals surface area contributed by atoms with E-state index in [1.807, 2.05) is 0 Å². The minimum Gasteiger partial charge on any atom is -0.468 e. The molecule has 0 spiro atoms. The molecule has 13 nitrogen and oxygen atoms in total. The van der Waals surface area contributed by atoms with E-state index in [1.54, 1.807) is 80.6 Å². The van der Waals surface area contributed by atoms with Gasteiger partial charge in [0.25, 0.3) is 0 Å². The van der Waals surface area contributed by atoms with Gasteiger partial charge >= 0.3 is 31.9 Å². The van der Waals surface area contributed by atoms with Crippen LogP contribution < -0.4 is 9.61 Å². The van der Waals surface area contributed by atoms with Gasteiger partial charge < -0.3 is 32.9 Å². The second-order valence-corrected chi connectivity index (χ2v) is 12.6. The maximum atomic E-state index is 16.1. The number of carbonyl (C=O) groups excluding carboxylic acids is 3. The molecule has 1 fully saturated rings. The quantitative estimate of drug-likeness (QED) is 0.105. The molecule has 264 valence electrons. The molecule has 1 aliphatic heterocycles. The van der Waals surface area contributed by atoms with E-state index in [4.69, 9.17) is 37.5 Å². The zero-order chi connectivity index (χ0) is 35.4. The van der Waals surface area contributed by atoms with Gasteiger partial charge in [0.2, 0.25) is 12.4 Å². The predicted molar refractivity (Wildman–Crippen MR) is 167 cm³/mol. The van der Waals surface area contributed by atoms with Crippen LogP contribution in [0.3, 0.4) is 0 Å². The first kappa shape index (κ1) is 37.3. The van der Waals surface area contributed by atoms with Crippen LogP contribution in [0.25, 0.3) is 0 Å². The molecule has 16 heteroatoms. The van der Waals surface area contributed by atoms with Crippen molar-refractivity contribution >= 4 is 26.0 Å². The lowest BCUT2D eigenvalue weighted by Gasteiger charge is -2.29. The first-order valence-corrected chi connectivity index (χ1v) is 16.6. The number of para-hydroxylation sites is 1. The van der Waals surface area contributed by atoms with Crippen LogP contribution in [-0.4, -0.2) is 62.5 Å². The zero-order valence-corrected chi connectivity index (χ0v) is 27.7. The summed E-state index contributed by atoms with van der Waals surface area (Å²) in [7, 11) is -3.84. The standard InChI is InChI=1S/C33H36F2NO12P/c1-22(2)27(29(37)41-3)36-49(40,47-25-17-11-6-12-18-25)48-30-33(34,35)28(46-32(39)43-20-24-15-9-5-10-16-24)26(45-30)21-44-31(38)42-19-23-13-7-4-8-14-23/h4-18,22,26-28,30H,19-21H2,1-3H3,(H,36,40)/t26-,27+,28-,30?,49?/m1/s1. The average molecular weight is 708 g/mol. The first-order chi connectivity index (χ1) is 23.4. The van der Waals surface area contributed by atoms with Gasteiger partial charge in [-0.3, -0.25) is 9.32 Å². The van der Waals surface area contributed by atoms with Crippen LogP contribution in [0.1, 0.15) is 25.0 Å². The number of benzene rings is 3. The Balaban J connectivity index is 1.55. The lowest BCUT2D eigenvalue weighted by molar-refractivity contribution is -0.190. The molecule has 1 heterocycles. The van der Waals surface area contributed by atoms with Gasteiger partial charge in [0.05, 0.1) is 7.11 Å². The summed E-state index contributed by atoms with van der Waals surface area (Å²) >= 11 is 0. The predicted octanol–water partition coefficient (Wildman–Crippen LogP) is 6.41. The van der Waals surface area contributed by atoms with E-state index in [-0.39, 0.29) is 19.0 Å². The highest BCUT2D eigenvalue weighted by Crippen LogP contribution is 2.52. The number of esters is 1. The fourth-order valence-corrected chi connectivity index (χ4v) is 6.18. The molecule has 0 aromatic heterocycles. The lowest BCUT2D eigenvalue weighted by Crippen LogP contribution is -2.46. The Morgan fingerprint density at radius 2 is 1.37 bits per heavy atom. The van der Waals surface area contributed by atoms with Gasteiger partial charge in [-0.05, 0) is 29.2 Å². The number of nitrogens with one attached hydrogen (secondary N) is 1. The van der Waals surface area contributed by atoms with Crippen molar-refractivity contribution in [2.75, 3.05) is 13.7 Å². The molecule has 0 saturated carbocycles. The van der Waals surface area contributed by atoms with Crippen molar-refractivity contribution < 1.29 is 65.2 Å². The van der Waals surface area contributed by atoms with Crippen LogP contribution >= 0.6 is 7.75 Å². The van der Waals surface area contributed by atoms with E-state index >= 15 is 8.78 Å². The highest BCUT2D eigenvalue weighted by atomic mass is 31.2. The summed E-state index contributed by atoms with van der Waals surface area (Å²) in [5.74, 6) is -5.76. The Kier molecular flexibility index (Phi) is 13.1. The Hall–Kier alpha value is -4.56.